The fraction of sp³-hybridized carbons (Fsp3) is 0.375. The molecule has 0 radical (unpaired) electrons. The molecule has 3 rings (SSSR count). The van der Waals surface area contributed by atoms with E-state index in [0.29, 0.717) is 0 Å². The zero-order chi connectivity index (χ0) is 34.3. The van der Waals surface area contributed by atoms with Gasteiger partial charge in [0.2, 0.25) is 11.6 Å². The van der Waals surface area contributed by atoms with E-state index in [0.717, 1.165) is 14.2 Å². The number of benzene rings is 2. The maximum absolute atomic E-state index is 14.0. The maximum Gasteiger partial charge on any atom is 0.306 e. The number of ether oxygens (including phenoxy) is 8. The van der Waals surface area contributed by atoms with Crippen LogP contribution in [0, 0.1) is 0 Å². The molecular formula is C32H36O14. The molecule has 0 aromatic heterocycles. The molecule has 14 heteroatoms. The first-order valence-electron chi connectivity index (χ1n) is 13.7. The Bertz CT molecular complexity index is 1470. The van der Waals surface area contributed by atoms with Gasteiger partial charge >= 0.3 is 11.9 Å². The molecule has 0 saturated heterocycles. The van der Waals surface area contributed by atoms with Crippen molar-refractivity contribution in [2.24, 2.45) is 0 Å². The van der Waals surface area contributed by atoms with Crippen molar-refractivity contribution in [2.45, 2.75) is 24.7 Å². The minimum absolute atomic E-state index is 0.111. The van der Waals surface area contributed by atoms with Gasteiger partial charge in [0.1, 0.15) is 11.5 Å². The molecule has 2 N–H and O–H groups in total. The van der Waals surface area contributed by atoms with E-state index in [1.54, 1.807) is 0 Å². The van der Waals surface area contributed by atoms with Crippen molar-refractivity contribution in [3.63, 3.8) is 0 Å². The van der Waals surface area contributed by atoms with Crippen LogP contribution in [0.1, 0.15) is 35.8 Å². The number of aliphatic hydroxyl groups excluding tert-OH is 2. The van der Waals surface area contributed by atoms with Gasteiger partial charge in [0.25, 0.3) is 0 Å². The Morgan fingerprint density at radius 1 is 0.522 bits per heavy atom. The number of ketones is 2. The molecular weight excluding hydrogens is 608 g/mol. The Balaban J connectivity index is 2.32. The number of rotatable bonds is 14. The number of hydrogen-bond acceptors (Lipinski definition) is 14. The third-order valence-corrected chi connectivity index (χ3v) is 7.55. The van der Waals surface area contributed by atoms with Gasteiger partial charge in [0, 0.05) is 35.1 Å². The monoisotopic (exact) mass is 644 g/mol. The molecule has 2 aromatic rings. The normalized spacial score (nSPS) is 14.3. The third kappa shape index (κ3) is 6.65. The van der Waals surface area contributed by atoms with Crippen LogP contribution in [-0.2, 0) is 28.7 Å². The zero-order valence-electron chi connectivity index (χ0n) is 26.7. The third-order valence-electron chi connectivity index (χ3n) is 7.55. The summed E-state index contributed by atoms with van der Waals surface area (Å²) in [6.07, 6.45) is -1.11. The highest BCUT2D eigenvalue weighted by molar-refractivity contribution is 6.24. The first kappa shape index (κ1) is 35.1. The predicted molar refractivity (Wildman–Crippen MR) is 160 cm³/mol. The van der Waals surface area contributed by atoms with E-state index >= 15 is 0 Å². The van der Waals surface area contributed by atoms with Crippen molar-refractivity contribution >= 4 is 23.5 Å². The first-order valence-corrected chi connectivity index (χ1v) is 13.7. The molecule has 0 spiro atoms. The molecule has 0 bridgehead atoms. The second-order valence-corrected chi connectivity index (χ2v) is 9.75. The summed E-state index contributed by atoms with van der Waals surface area (Å²) < 4.78 is 42.0. The van der Waals surface area contributed by atoms with Crippen LogP contribution in [0.5, 0.6) is 34.5 Å². The summed E-state index contributed by atoms with van der Waals surface area (Å²) in [6, 6.07) is 5.69. The van der Waals surface area contributed by atoms with Gasteiger partial charge in [0.15, 0.2) is 34.5 Å². The Morgan fingerprint density at radius 2 is 0.804 bits per heavy atom. The fourth-order valence-electron chi connectivity index (χ4n) is 5.25. The van der Waals surface area contributed by atoms with Gasteiger partial charge in [-0.15, -0.1) is 0 Å². The van der Waals surface area contributed by atoms with Gasteiger partial charge in [-0.3, -0.25) is 19.2 Å². The van der Waals surface area contributed by atoms with Crippen molar-refractivity contribution in [3.05, 3.63) is 58.1 Å². The summed E-state index contributed by atoms with van der Waals surface area (Å²) in [5, 5.41) is 22.8. The smallest absolute Gasteiger partial charge is 0.306 e. The average molecular weight is 645 g/mol. The largest absolute Gasteiger partial charge is 0.504 e. The number of esters is 2. The quantitative estimate of drug-likeness (QED) is 0.225. The van der Waals surface area contributed by atoms with Gasteiger partial charge < -0.3 is 48.1 Å². The summed E-state index contributed by atoms with van der Waals surface area (Å²) >= 11 is 0. The van der Waals surface area contributed by atoms with Crippen LogP contribution < -0.4 is 28.4 Å². The molecule has 1 aliphatic rings. The Morgan fingerprint density at radius 3 is 1.07 bits per heavy atom. The Labute approximate surface area is 265 Å². The highest BCUT2D eigenvalue weighted by Crippen LogP contribution is 2.48. The summed E-state index contributed by atoms with van der Waals surface area (Å²) in [6.45, 7) is 0. The average Bonchev–Trinajstić information content (AvgIpc) is 3.08. The van der Waals surface area contributed by atoms with E-state index in [1.807, 2.05) is 0 Å². The lowest BCUT2D eigenvalue weighted by Gasteiger charge is -2.29. The van der Waals surface area contributed by atoms with Crippen molar-refractivity contribution in [3.8, 4) is 34.5 Å². The number of methoxy groups -OCH3 is 8. The predicted octanol–water partition coefficient (Wildman–Crippen LogP) is 3.51. The summed E-state index contributed by atoms with van der Waals surface area (Å²) in [4.78, 5) is 53.2. The van der Waals surface area contributed by atoms with Gasteiger partial charge in [-0.2, -0.15) is 0 Å². The number of hydrogen-bond donors (Lipinski definition) is 2. The first-order chi connectivity index (χ1) is 22.0. The molecule has 2 aromatic carbocycles. The number of aliphatic hydroxyl groups is 2. The second-order valence-electron chi connectivity index (χ2n) is 9.75. The number of allylic oxidation sites excluding steroid dienone is 2. The van der Waals surface area contributed by atoms with Crippen LogP contribution >= 0.6 is 0 Å². The molecule has 14 nitrogen and oxygen atoms in total. The zero-order valence-corrected chi connectivity index (χ0v) is 26.7. The van der Waals surface area contributed by atoms with Crippen LogP contribution in [0.2, 0.25) is 0 Å². The fourth-order valence-corrected chi connectivity index (χ4v) is 5.25. The van der Waals surface area contributed by atoms with Crippen LogP contribution in [-0.4, -0.2) is 90.6 Å². The van der Waals surface area contributed by atoms with Crippen molar-refractivity contribution in [1.29, 1.82) is 0 Å². The Kier molecular flexibility index (Phi) is 11.5. The molecule has 0 aliphatic heterocycles. The van der Waals surface area contributed by atoms with E-state index in [4.69, 9.17) is 37.9 Å². The number of carbonyl (C=O) groups is 4. The molecule has 1 aliphatic carbocycles. The van der Waals surface area contributed by atoms with E-state index in [1.165, 1.54) is 66.9 Å². The summed E-state index contributed by atoms with van der Waals surface area (Å²) in [5.74, 6) is -7.80. The lowest BCUT2D eigenvalue weighted by molar-refractivity contribution is -0.142. The molecule has 0 heterocycles. The van der Waals surface area contributed by atoms with Crippen LogP contribution in [0.3, 0.4) is 0 Å². The molecule has 0 fully saturated rings. The lowest BCUT2D eigenvalue weighted by Crippen LogP contribution is -2.31. The second kappa shape index (κ2) is 15.1. The highest BCUT2D eigenvalue weighted by atomic mass is 16.5. The lowest BCUT2D eigenvalue weighted by atomic mass is 9.75. The van der Waals surface area contributed by atoms with E-state index in [-0.39, 0.29) is 45.6 Å². The van der Waals surface area contributed by atoms with Crippen LogP contribution in [0.4, 0.5) is 0 Å². The van der Waals surface area contributed by atoms with Crippen LogP contribution in [0.25, 0.3) is 0 Å². The minimum atomic E-state index is -1.38. The van der Waals surface area contributed by atoms with Gasteiger partial charge in [-0.05, 0) is 12.1 Å². The maximum atomic E-state index is 14.0. The number of carbonyl (C=O) groups excluding carboxylic acids is 4. The standard InChI is InChI=1S/C32H36O14/c1-39-19-13-23(43-5)21(41-3)9-15(19)17(11-25(33)45-7)27-29(35)31(37)28(32(38)30(27)36)18(12-26(34)46-8)16-10-22(42-4)24(44-6)14-20(16)40-2/h9-10,13-14,17-18,35,38H,11-12H2,1-8H3/t17-,18-/m1/s1. The van der Waals surface area contributed by atoms with Crippen molar-refractivity contribution < 1.29 is 67.3 Å². The summed E-state index contributed by atoms with van der Waals surface area (Å²) in [5.41, 5.74) is -0.953. The molecule has 0 amide bonds. The van der Waals surface area contributed by atoms with Crippen molar-refractivity contribution in [2.75, 3.05) is 56.9 Å². The van der Waals surface area contributed by atoms with Crippen LogP contribution in [0.15, 0.2) is 46.9 Å². The topological polar surface area (TPSA) is 183 Å². The van der Waals surface area contributed by atoms with Gasteiger partial charge in [-0.25, -0.2) is 0 Å². The minimum Gasteiger partial charge on any atom is -0.504 e. The van der Waals surface area contributed by atoms with E-state index in [2.05, 4.69) is 0 Å². The SMILES string of the molecule is COC(=O)C[C@@H](C1=C(O)C(=O)C([C@H](CC(=O)OC)c2cc(OC)c(OC)cc2OC)=C(O)C1=O)c1cc(OC)c(OC)cc1OC. The van der Waals surface area contributed by atoms with E-state index in [9.17, 15) is 29.4 Å². The number of Topliss-reactive ketones (excluding diaryl/α,β-unsaturated/α-hetero) is 2. The van der Waals surface area contributed by atoms with Crippen molar-refractivity contribution in [1.82, 2.24) is 0 Å². The Hall–Kier alpha value is -5.40. The van der Waals surface area contributed by atoms with Gasteiger partial charge in [-0.1, -0.05) is 0 Å². The summed E-state index contributed by atoms with van der Waals surface area (Å²) in [7, 11) is 10.4. The molecule has 248 valence electrons. The molecule has 46 heavy (non-hydrogen) atoms. The molecule has 2 atom stereocenters. The van der Waals surface area contributed by atoms with Gasteiger partial charge in [0.05, 0.1) is 80.9 Å². The highest BCUT2D eigenvalue weighted by Gasteiger charge is 2.44. The molecule has 0 unspecified atom stereocenters. The van der Waals surface area contributed by atoms with E-state index < -0.39 is 70.8 Å². The molecule has 0 saturated carbocycles.